The van der Waals surface area contributed by atoms with Gasteiger partial charge in [0.25, 0.3) is 0 Å². The molecule has 0 spiro atoms. The molecule has 3 heteroatoms. The molecule has 0 bridgehead atoms. The first-order chi connectivity index (χ1) is 7.25. The van der Waals surface area contributed by atoms with Crippen LogP contribution >= 0.6 is 15.9 Å². The zero-order valence-electron chi connectivity index (χ0n) is 8.36. The minimum absolute atomic E-state index is 0.554. The summed E-state index contributed by atoms with van der Waals surface area (Å²) in [6, 6.07) is 2.05. The highest BCUT2D eigenvalue weighted by atomic mass is 79.9. The summed E-state index contributed by atoms with van der Waals surface area (Å²) >= 11 is 3.39. The van der Waals surface area contributed by atoms with E-state index in [4.69, 9.17) is 5.73 Å². The van der Waals surface area contributed by atoms with Gasteiger partial charge in [-0.2, -0.15) is 0 Å². The zero-order chi connectivity index (χ0) is 10.7. The molecular weight excluding hydrogens is 252 g/mol. The first-order valence-corrected chi connectivity index (χ1v) is 5.78. The SMILES string of the molecule is Nc1ncc(CC2C=CC=CC2)cc1Br. The Morgan fingerprint density at radius 1 is 1.47 bits per heavy atom. The van der Waals surface area contributed by atoms with E-state index in [-0.39, 0.29) is 0 Å². The molecular formula is C12H13BrN2. The van der Waals surface area contributed by atoms with Gasteiger partial charge in [-0.05, 0) is 46.3 Å². The van der Waals surface area contributed by atoms with Crippen molar-refractivity contribution < 1.29 is 0 Å². The van der Waals surface area contributed by atoms with E-state index in [9.17, 15) is 0 Å². The Morgan fingerprint density at radius 3 is 3.00 bits per heavy atom. The van der Waals surface area contributed by atoms with Crippen molar-refractivity contribution in [2.45, 2.75) is 12.8 Å². The third-order valence-corrected chi connectivity index (χ3v) is 3.13. The number of allylic oxidation sites excluding steroid dienone is 4. The van der Waals surface area contributed by atoms with Gasteiger partial charge in [0.05, 0.1) is 4.47 Å². The fraction of sp³-hybridized carbons (Fsp3) is 0.250. The number of nitrogens with two attached hydrogens (primary N) is 1. The summed E-state index contributed by atoms with van der Waals surface area (Å²) in [5.74, 6) is 1.14. The molecule has 1 atom stereocenters. The van der Waals surface area contributed by atoms with Crippen LogP contribution < -0.4 is 5.73 Å². The molecule has 1 heterocycles. The number of hydrogen-bond donors (Lipinski definition) is 1. The van der Waals surface area contributed by atoms with Crippen molar-refractivity contribution in [2.75, 3.05) is 5.73 Å². The largest absolute Gasteiger partial charge is 0.383 e. The first-order valence-electron chi connectivity index (χ1n) is 4.99. The summed E-state index contributed by atoms with van der Waals surface area (Å²) in [6.45, 7) is 0. The summed E-state index contributed by atoms with van der Waals surface area (Å²) in [4.78, 5) is 4.13. The van der Waals surface area contributed by atoms with Gasteiger partial charge in [0.1, 0.15) is 5.82 Å². The Labute approximate surface area is 98.0 Å². The number of hydrogen-bond acceptors (Lipinski definition) is 2. The van der Waals surface area contributed by atoms with Crippen LogP contribution in [0.2, 0.25) is 0 Å². The van der Waals surface area contributed by atoms with E-state index in [0.717, 1.165) is 17.3 Å². The lowest BCUT2D eigenvalue weighted by Crippen LogP contribution is -2.03. The third kappa shape index (κ3) is 2.69. The van der Waals surface area contributed by atoms with E-state index in [0.29, 0.717) is 11.7 Å². The summed E-state index contributed by atoms with van der Waals surface area (Å²) < 4.78 is 0.885. The zero-order valence-corrected chi connectivity index (χ0v) is 9.94. The van der Waals surface area contributed by atoms with E-state index < -0.39 is 0 Å². The van der Waals surface area contributed by atoms with Gasteiger partial charge in [0.2, 0.25) is 0 Å². The number of nitrogens with zero attached hydrogens (tertiary/aromatic N) is 1. The van der Waals surface area contributed by atoms with Crippen LogP contribution in [0.25, 0.3) is 0 Å². The summed E-state index contributed by atoms with van der Waals surface area (Å²) in [5.41, 5.74) is 6.86. The molecule has 0 aromatic carbocycles. The molecule has 2 rings (SSSR count). The van der Waals surface area contributed by atoms with Gasteiger partial charge in [0, 0.05) is 6.20 Å². The molecule has 1 aromatic rings. The number of nitrogen functional groups attached to an aromatic ring is 1. The highest BCUT2D eigenvalue weighted by Gasteiger charge is 2.08. The van der Waals surface area contributed by atoms with Crippen molar-refractivity contribution in [3.63, 3.8) is 0 Å². The molecule has 0 aliphatic heterocycles. The van der Waals surface area contributed by atoms with Crippen molar-refractivity contribution in [3.8, 4) is 0 Å². The summed E-state index contributed by atoms with van der Waals surface area (Å²) in [5, 5.41) is 0. The van der Waals surface area contributed by atoms with Crippen LogP contribution in [0.1, 0.15) is 12.0 Å². The molecule has 0 fully saturated rings. The molecule has 1 aliphatic rings. The van der Waals surface area contributed by atoms with Crippen LogP contribution in [0.3, 0.4) is 0 Å². The first kappa shape index (κ1) is 10.4. The average molecular weight is 265 g/mol. The van der Waals surface area contributed by atoms with Gasteiger partial charge in [-0.15, -0.1) is 0 Å². The normalized spacial score (nSPS) is 19.4. The van der Waals surface area contributed by atoms with Crippen molar-refractivity contribution in [1.82, 2.24) is 4.98 Å². The van der Waals surface area contributed by atoms with Crippen LogP contribution in [0.15, 0.2) is 41.0 Å². The molecule has 78 valence electrons. The Kier molecular flexibility index (Phi) is 3.21. The van der Waals surface area contributed by atoms with Crippen LogP contribution in [0.5, 0.6) is 0 Å². The molecule has 2 nitrogen and oxygen atoms in total. The fourth-order valence-corrected chi connectivity index (χ4v) is 2.08. The maximum atomic E-state index is 5.64. The maximum absolute atomic E-state index is 5.64. The second-order valence-electron chi connectivity index (χ2n) is 3.72. The number of anilines is 1. The molecule has 0 saturated carbocycles. The monoisotopic (exact) mass is 264 g/mol. The minimum atomic E-state index is 0.554. The van der Waals surface area contributed by atoms with Crippen LogP contribution in [-0.4, -0.2) is 4.98 Å². The van der Waals surface area contributed by atoms with E-state index >= 15 is 0 Å². The van der Waals surface area contributed by atoms with Gasteiger partial charge in [-0.25, -0.2) is 4.98 Å². The van der Waals surface area contributed by atoms with E-state index in [2.05, 4.69) is 51.3 Å². The Morgan fingerprint density at radius 2 is 2.33 bits per heavy atom. The lowest BCUT2D eigenvalue weighted by Gasteiger charge is -2.12. The molecule has 2 N–H and O–H groups in total. The lowest BCUT2D eigenvalue weighted by molar-refractivity contribution is 0.651. The third-order valence-electron chi connectivity index (χ3n) is 2.49. The second kappa shape index (κ2) is 4.62. The predicted molar refractivity (Wildman–Crippen MR) is 66.4 cm³/mol. The van der Waals surface area contributed by atoms with Gasteiger partial charge in [-0.1, -0.05) is 24.3 Å². The fourth-order valence-electron chi connectivity index (χ4n) is 1.69. The van der Waals surface area contributed by atoms with Crippen molar-refractivity contribution in [1.29, 1.82) is 0 Å². The highest BCUT2D eigenvalue weighted by Crippen LogP contribution is 2.22. The quantitative estimate of drug-likeness (QED) is 0.892. The van der Waals surface area contributed by atoms with Crippen molar-refractivity contribution in [3.05, 3.63) is 46.6 Å². The maximum Gasteiger partial charge on any atom is 0.137 e. The van der Waals surface area contributed by atoms with Gasteiger partial charge in [-0.3, -0.25) is 0 Å². The standard InChI is InChI=1S/C12H13BrN2/c13-11-7-10(8-15-12(11)14)6-9-4-2-1-3-5-9/h1-4,7-9H,5-6H2,(H2,14,15). The smallest absolute Gasteiger partial charge is 0.137 e. The molecule has 0 radical (unpaired) electrons. The van der Waals surface area contributed by atoms with Gasteiger partial charge < -0.3 is 5.73 Å². The molecule has 0 amide bonds. The molecule has 0 saturated heterocycles. The number of halogens is 1. The topological polar surface area (TPSA) is 38.9 Å². The summed E-state index contributed by atoms with van der Waals surface area (Å²) in [6.07, 6.45) is 12.6. The molecule has 15 heavy (non-hydrogen) atoms. The minimum Gasteiger partial charge on any atom is -0.383 e. The average Bonchev–Trinajstić information content (AvgIpc) is 2.25. The lowest BCUT2D eigenvalue weighted by atomic mass is 9.94. The van der Waals surface area contributed by atoms with E-state index in [1.807, 2.05) is 6.20 Å². The molecule has 1 aliphatic carbocycles. The highest BCUT2D eigenvalue weighted by molar-refractivity contribution is 9.10. The molecule has 1 unspecified atom stereocenters. The molecule has 1 aromatic heterocycles. The number of pyridine rings is 1. The van der Waals surface area contributed by atoms with Gasteiger partial charge in [0.15, 0.2) is 0 Å². The van der Waals surface area contributed by atoms with E-state index in [1.54, 1.807) is 0 Å². The van der Waals surface area contributed by atoms with Crippen molar-refractivity contribution in [2.24, 2.45) is 5.92 Å². The second-order valence-corrected chi connectivity index (χ2v) is 4.58. The Balaban J connectivity index is 2.07. The van der Waals surface area contributed by atoms with Crippen LogP contribution in [-0.2, 0) is 6.42 Å². The summed E-state index contributed by atoms with van der Waals surface area (Å²) in [7, 11) is 0. The number of aromatic nitrogens is 1. The van der Waals surface area contributed by atoms with Crippen LogP contribution in [0.4, 0.5) is 5.82 Å². The predicted octanol–water partition coefficient (Wildman–Crippen LogP) is 3.10. The number of rotatable bonds is 2. The Bertz CT molecular complexity index is 410. The van der Waals surface area contributed by atoms with Gasteiger partial charge >= 0.3 is 0 Å². The Hall–Kier alpha value is -1.09. The van der Waals surface area contributed by atoms with E-state index in [1.165, 1.54) is 5.56 Å². The van der Waals surface area contributed by atoms with Crippen molar-refractivity contribution >= 4 is 21.7 Å². The van der Waals surface area contributed by atoms with Crippen LogP contribution in [0, 0.1) is 5.92 Å².